The Labute approximate surface area is 133 Å². The number of hydrogen-bond acceptors (Lipinski definition) is 3. The van der Waals surface area contributed by atoms with Crippen LogP contribution in [0.1, 0.15) is 28.4 Å². The van der Waals surface area contributed by atoms with Crippen LogP contribution in [0.15, 0.2) is 53.4 Å². The van der Waals surface area contributed by atoms with E-state index < -0.39 is 0 Å². The maximum absolute atomic E-state index is 12.1. The molecule has 1 N–H and O–H groups in total. The van der Waals surface area contributed by atoms with Gasteiger partial charge >= 0.3 is 0 Å². The second kappa shape index (κ2) is 6.58. The van der Waals surface area contributed by atoms with Gasteiger partial charge in [-0.2, -0.15) is 16.4 Å². The van der Waals surface area contributed by atoms with E-state index >= 15 is 0 Å². The van der Waals surface area contributed by atoms with Gasteiger partial charge < -0.3 is 5.32 Å². The predicted molar refractivity (Wildman–Crippen MR) is 89.4 cm³/mol. The highest BCUT2D eigenvalue weighted by Gasteiger charge is 2.10. The molecular formula is C17H17N3OS. The zero-order chi connectivity index (χ0) is 15.4. The van der Waals surface area contributed by atoms with Gasteiger partial charge in [0, 0.05) is 11.4 Å². The Kier molecular flexibility index (Phi) is 4.34. The van der Waals surface area contributed by atoms with E-state index in [1.54, 1.807) is 10.9 Å². The first kappa shape index (κ1) is 14.5. The van der Waals surface area contributed by atoms with E-state index in [0.29, 0.717) is 17.9 Å². The molecule has 0 fully saturated rings. The maximum Gasteiger partial charge on any atom is 0.257 e. The molecule has 1 amide bonds. The van der Waals surface area contributed by atoms with Crippen LogP contribution >= 0.6 is 11.3 Å². The van der Waals surface area contributed by atoms with Crippen molar-refractivity contribution in [2.75, 3.05) is 5.32 Å². The van der Waals surface area contributed by atoms with Crippen LogP contribution in [-0.4, -0.2) is 15.7 Å². The zero-order valence-corrected chi connectivity index (χ0v) is 13.1. The highest BCUT2D eigenvalue weighted by Crippen LogP contribution is 2.14. The Bertz CT molecular complexity index is 745. The summed E-state index contributed by atoms with van der Waals surface area (Å²) in [5.74, 6) is 0.597. The van der Waals surface area contributed by atoms with Crippen LogP contribution in [0.25, 0.3) is 0 Å². The minimum absolute atomic E-state index is 0.107. The van der Waals surface area contributed by atoms with Gasteiger partial charge in [0.2, 0.25) is 0 Å². The number of carbonyl (C=O) groups excluding carboxylic acids is 1. The first-order valence-electron chi connectivity index (χ1n) is 7.19. The van der Waals surface area contributed by atoms with E-state index in [9.17, 15) is 4.79 Å². The van der Waals surface area contributed by atoms with E-state index in [0.717, 1.165) is 12.0 Å². The standard InChI is InChI=1S/C17H17N3OS/c1-2-13-3-5-14(6-4-13)11-20-16(7-9-18-20)19-17(21)15-8-10-22-12-15/h3-10,12H,2,11H2,1H3,(H,19,21). The molecule has 0 aliphatic carbocycles. The topological polar surface area (TPSA) is 46.9 Å². The van der Waals surface area contributed by atoms with Gasteiger partial charge in [-0.05, 0) is 29.0 Å². The fraction of sp³-hybridized carbons (Fsp3) is 0.176. The Morgan fingerprint density at radius 3 is 2.64 bits per heavy atom. The molecule has 2 aromatic heterocycles. The summed E-state index contributed by atoms with van der Waals surface area (Å²) < 4.78 is 1.80. The van der Waals surface area contributed by atoms with Gasteiger partial charge in [-0.1, -0.05) is 31.2 Å². The summed E-state index contributed by atoms with van der Waals surface area (Å²) in [5.41, 5.74) is 3.15. The van der Waals surface area contributed by atoms with Gasteiger partial charge in [-0.25, -0.2) is 4.68 Å². The van der Waals surface area contributed by atoms with Crippen molar-refractivity contribution in [3.05, 3.63) is 70.0 Å². The summed E-state index contributed by atoms with van der Waals surface area (Å²) in [6, 6.07) is 12.1. The number of rotatable bonds is 5. The molecule has 5 heteroatoms. The summed E-state index contributed by atoms with van der Waals surface area (Å²) in [4.78, 5) is 12.1. The molecule has 0 aliphatic rings. The lowest BCUT2D eigenvalue weighted by Crippen LogP contribution is -2.15. The molecule has 0 spiro atoms. The van der Waals surface area contributed by atoms with Crippen LogP contribution in [-0.2, 0) is 13.0 Å². The molecular weight excluding hydrogens is 294 g/mol. The molecule has 0 radical (unpaired) electrons. The van der Waals surface area contributed by atoms with Crippen molar-refractivity contribution in [3.8, 4) is 0 Å². The van der Waals surface area contributed by atoms with Crippen LogP contribution in [0.5, 0.6) is 0 Å². The van der Waals surface area contributed by atoms with Crippen molar-refractivity contribution < 1.29 is 4.79 Å². The van der Waals surface area contributed by atoms with E-state index in [2.05, 4.69) is 41.6 Å². The quantitative estimate of drug-likeness (QED) is 0.779. The van der Waals surface area contributed by atoms with Crippen molar-refractivity contribution in [3.63, 3.8) is 0 Å². The van der Waals surface area contributed by atoms with E-state index in [4.69, 9.17) is 0 Å². The maximum atomic E-state index is 12.1. The van der Waals surface area contributed by atoms with Gasteiger partial charge in [0.05, 0.1) is 18.3 Å². The molecule has 0 aliphatic heterocycles. The Balaban J connectivity index is 1.72. The summed E-state index contributed by atoms with van der Waals surface area (Å²) >= 11 is 1.51. The minimum Gasteiger partial charge on any atom is -0.307 e. The molecule has 0 bridgehead atoms. The molecule has 3 aromatic rings. The van der Waals surface area contributed by atoms with Gasteiger partial charge in [0.15, 0.2) is 0 Å². The summed E-state index contributed by atoms with van der Waals surface area (Å²) in [7, 11) is 0. The third-order valence-corrected chi connectivity index (χ3v) is 4.19. The predicted octanol–water partition coefficient (Wildman–Crippen LogP) is 3.81. The van der Waals surface area contributed by atoms with Crippen molar-refractivity contribution in [1.29, 1.82) is 0 Å². The number of aromatic nitrogens is 2. The molecule has 112 valence electrons. The summed E-state index contributed by atoms with van der Waals surface area (Å²) in [6.07, 6.45) is 2.73. The Hall–Kier alpha value is -2.40. The smallest absolute Gasteiger partial charge is 0.257 e. The lowest BCUT2D eigenvalue weighted by molar-refractivity contribution is 0.102. The van der Waals surface area contributed by atoms with Crippen LogP contribution in [0.3, 0.4) is 0 Å². The molecule has 3 rings (SSSR count). The van der Waals surface area contributed by atoms with E-state index in [-0.39, 0.29) is 5.91 Å². The summed E-state index contributed by atoms with van der Waals surface area (Å²) in [6.45, 7) is 2.77. The fourth-order valence-electron chi connectivity index (χ4n) is 2.20. The van der Waals surface area contributed by atoms with Crippen LogP contribution in [0.2, 0.25) is 0 Å². The van der Waals surface area contributed by atoms with Crippen LogP contribution in [0.4, 0.5) is 5.82 Å². The third kappa shape index (κ3) is 3.26. The lowest BCUT2D eigenvalue weighted by Gasteiger charge is -2.09. The SMILES string of the molecule is CCc1ccc(Cn2nccc2NC(=O)c2ccsc2)cc1. The summed E-state index contributed by atoms with van der Waals surface area (Å²) in [5, 5.41) is 10.9. The van der Waals surface area contributed by atoms with Crippen molar-refractivity contribution in [2.45, 2.75) is 19.9 Å². The second-order valence-electron chi connectivity index (χ2n) is 5.01. The average Bonchev–Trinajstić information content (AvgIpc) is 3.20. The number of anilines is 1. The molecule has 0 saturated heterocycles. The minimum atomic E-state index is -0.107. The van der Waals surface area contributed by atoms with Crippen LogP contribution < -0.4 is 5.32 Å². The van der Waals surface area contributed by atoms with Gasteiger partial charge in [0.25, 0.3) is 5.91 Å². The van der Waals surface area contributed by atoms with Gasteiger partial charge in [-0.3, -0.25) is 4.79 Å². The van der Waals surface area contributed by atoms with Crippen molar-refractivity contribution in [1.82, 2.24) is 9.78 Å². The monoisotopic (exact) mass is 311 g/mol. The normalized spacial score (nSPS) is 10.6. The van der Waals surface area contributed by atoms with E-state index in [1.165, 1.54) is 16.9 Å². The Morgan fingerprint density at radius 1 is 1.18 bits per heavy atom. The molecule has 0 unspecified atom stereocenters. The third-order valence-electron chi connectivity index (χ3n) is 3.51. The lowest BCUT2D eigenvalue weighted by atomic mass is 10.1. The number of aryl methyl sites for hydroxylation is 1. The molecule has 4 nitrogen and oxygen atoms in total. The van der Waals surface area contributed by atoms with Crippen molar-refractivity contribution in [2.24, 2.45) is 0 Å². The van der Waals surface area contributed by atoms with Crippen molar-refractivity contribution >= 4 is 23.1 Å². The molecule has 0 saturated carbocycles. The number of amides is 1. The highest BCUT2D eigenvalue weighted by molar-refractivity contribution is 7.08. The second-order valence-corrected chi connectivity index (χ2v) is 5.79. The number of nitrogens with one attached hydrogen (secondary N) is 1. The number of hydrogen-bond donors (Lipinski definition) is 1. The highest BCUT2D eigenvalue weighted by atomic mass is 32.1. The molecule has 0 atom stereocenters. The first-order chi connectivity index (χ1) is 10.8. The number of carbonyl (C=O) groups is 1. The largest absolute Gasteiger partial charge is 0.307 e. The molecule has 22 heavy (non-hydrogen) atoms. The van der Waals surface area contributed by atoms with Gasteiger partial charge in [-0.15, -0.1) is 0 Å². The number of nitrogens with zero attached hydrogens (tertiary/aromatic N) is 2. The number of benzene rings is 1. The number of thiophene rings is 1. The first-order valence-corrected chi connectivity index (χ1v) is 8.13. The van der Waals surface area contributed by atoms with Gasteiger partial charge in [0.1, 0.15) is 5.82 Å². The average molecular weight is 311 g/mol. The zero-order valence-electron chi connectivity index (χ0n) is 12.3. The molecule has 1 aromatic carbocycles. The fourth-order valence-corrected chi connectivity index (χ4v) is 2.84. The molecule has 2 heterocycles. The van der Waals surface area contributed by atoms with Crippen LogP contribution in [0, 0.1) is 0 Å². The Morgan fingerprint density at radius 2 is 1.95 bits per heavy atom. The van der Waals surface area contributed by atoms with E-state index in [1.807, 2.05) is 22.9 Å².